The quantitative estimate of drug-likeness (QED) is 0.0268. The van der Waals surface area contributed by atoms with Crippen molar-refractivity contribution in [2.45, 2.75) is 200 Å². The van der Waals surface area contributed by atoms with Crippen molar-refractivity contribution >= 4 is 17.9 Å². The Bertz CT molecular complexity index is 1120. The van der Waals surface area contributed by atoms with Crippen LogP contribution in [0.2, 0.25) is 0 Å². The van der Waals surface area contributed by atoms with Crippen LogP contribution in [0, 0.1) is 0 Å². The average Bonchev–Trinajstić information content (AvgIpc) is 3.19. The monoisotopic (exact) mass is 779 g/mol. The first kappa shape index (κ1) is 52.6. The highest BCUT2D eigenvalue weighted by molar-refractivity contribution is 5.71. The lowest BCUT2D eigenvalue weighted by Crippen LogP contribution is -2.30. The number of carbonyl (C=O) groups excluding carboxylic acids is 3. The highest BCUT2D eigenvalue weighted by Crippen LogP contribution is 2.13. The minimum absolute atomic E-state index is 0.111. The van der Waals surface area contributed by atoms with Crippen molar-refractivity contribution < 1.29 is 28.6 Å². The van der Waals surface area contributed by atoms with Gasteiger partial charge in [0.05, 0.1) is 0 Å². The Kier molecular flexibility index (Phi) is 41.6. The maximum Gasteiger partial charge on any atom is 0.306 e. The lowest BCUT2D eigenvalue weighted by molar-refractivity contribution is -0.167. The van der Waals surface area contributed by atoms with Crippen molar-refractivity contribution in [1.82, 2.24) is 0 Å². The molecule has 0 heterocycles. The largest absolute Gasteiger partial charge is 0.462 e. The van der Waals surface area contributed by atoms with Gasteiger partial charge < -0.3 is 14.2 Å². The molecule has 1 atom stereocenters. The van der Waals surface area contributed by atoms with Crippen LogP contribution >= 0.6 is 0 Å². The summed E-state index contributed by atoms with van der Waals surface area (Å²) in [5, 5.41) is 0. The zero-order valence-corrected chi connectivity index (χ0v) is 36.1. The van der Waals surface area contributed by atoms with Gasteiger partial charge in [0.1, 0.15) is 13.2 Å². The van der Waals surface area contributed by atoms with E-state index in [2.05, 4.69) is 106 Å². The predicted molar refractivity (Wildman–Crippen MR) is 237 cm³/mol. The van der Waals surface area contributed by atoms with Crippen molar-refractivity contribution in [3.63, 3.8) is 0 Å². The van der Waals surface area contributed by atoms with Gasteiger partial charge in [0.2, 0.25) is 0 Å². The van der Waals surface area contributed by atoms with E-state index < -0.39 is 6.10 Å². The zero-order chi connectivity index (χ0) is 40.8. The molecule has 0 aromatic carbocycles. The molecule has 0 aliphatic heterocycles. The molecule has 0 saturated carbocycles. The molecule has 0 spiro atoms. The highest BCUT2D eigenvalue weighted by atomic mass is 16.6. The predicted octanol–water partition coefficient (Wildman–Crippen LogP) is 14.5. The maximum atomic E-state index is 12.7. The van der Waals surface area contributed by atoms with Crippen LogP contribution in [0.5, 0.6) is 0 Å². The zero-order valence-electron chi connectivity index (χ0n) is 36.1. The summed E-state index contributed by atoms with van der Waals surface area (Å²) >= 11 is 0. The van der Waals surface area contributed by atoms with Gasteiger partial charge in [-0.25, -0.2) is 0 Å². The maximum absolute atomic E-state index is 12.7. The van der Waals surface area contributed by atoms with Gasteiger partial charge in [-0.2, -0.15) is 0 Å². The Morgan fingerprint density at radius 2 is 0.714 bits per heavy atom. The van der Waals surface area contributed by atoms with Gasteiger partial charge in [0, 0.05) is 19.3 Å². The lowest BCUT2D eigenvalue weighted by atomic mass is 10.0. The van der Waals surface area contributed by atoms with Crippen molar-refractivity contribution in [2.24, 2.45) is 0 Å². The second-order valence-electron chi connectivity index (χ2n) is 14.5. The van der Waals surface area contributed by atoms with Gasteiger partial charge in [0.25, 0.3) is 0 Å². The Morgan fingerprint density at radius 1 is 0.375 bits per heavy atom. The molecule has 56 heavy (non-hydrogen) atoms. The molecule has 0 fully saturated rings. The van der Waals surface area contributed by atoms with Crippen LogP contribution in [-0.2, 0) is 28.6 Å². The van der Waals surface area contributed by atoms with Crippen molar-refractivity contribution in [1.29, 1.82) is 0 Å². The first-order valence-electron chi connectivity index (χ1n) is 22.6. The number of hydrogen-bond donors (Lipinski definition) is 0. The molecule has 0 aromatic rings. The van der Waals surface area contributed by atoms with Gasteiger partial charge in [-0.3, -0.25) is 14.4 Å². The Labute approximate surface area is 344 Å². The minimum Gasteiger partial charge on any atom is -0.462 e. The summed E-state index contributed by atoms with van der Waals surface area (Å²) in [4.78, 5) is 37.6. The van der Waals surface area contributed by atoms with Gasteiger partial charge in [0.15, 0.2) is 6.10 Å². The third kappa shape index (κ3) is 41.7. The van der Waals surface area contributed by atoms with Gasteiger partial charge >= 0.3 is 17.9 Å². The first-order valence-corrected chi connectivity index (χ1v) is 22.6. The van der Waals surface area contributed by atoms with Crippen LogP contribution in [0.15, 0.2) is 85.1 Å². The van der Waals surface area contributed by atoms with Gasteiger partial charge in [-0.15, -0.1) is 0 Å². The summed E-state index contributed by atoms with van der Waals surface area (Å²) in [5.74, 6) is -1.01. The van der Waals surface area contributed by atoms with Crippen LogP contribution in [-0.4, -0.2) is 37.2 Å². The third-order valence-corrected chi connectivity index (χ3v) is 9.15. The van der Waals surface area contributed by atoms with E-state index in [-0.39, 0.29) is 37.5 Å². The molecule has 0 saturated heterocycles. The van der Waals surface area contributed by atoms with E-state index in [0.29, 0.717) is 19.3 Å². The van der Waals surface area contributed by atoms with E-state index in [1.54, 1.807) is 0 Å². The number of allylic oxidation sites excluding steroid dienone is 14. The number of esters is 3. The second kappa shape index (κ2) is 44.3. The molecule has 6 nitrogen and oxygen atoms in total. The number of unbranched alkanes of at least 4 members (excludes halogenated alkanes) is 14. The fourth-order valence-corrected chi connectivity index (χ4v) is 5.81. The standard InChI is InChI=1S/C50H82O6/c1-4-7-10-13-16-19-21-23-24-25-26-27-29-31-34-37-40-43-49(52)55-46-47(45-54-48(51)42-39-36-33-30-18-15-12-9-6-3)56-50(53)44-41-38-35-32-28-22-20-17-14-11-8-5-2/h7,9-10,12,16,18-19,23-24,26-27,30-31,34,47H,4-6,8,11,13-15,17,20-22,25,28-29,32-33,35-46H2,1-3H3/b10-7-,12-9-,19-16-,24-23-,27-26-,30-18-,34-31-. The first-order chi connectivity index (χ1) is 27.5. The van der Waals surface area contributed by atoms with Crippen LogP contribution in [0.1, 0.15) is 194 Å². The van der Waals surface area contributed by atoms with Crippen LogP contribution in [0.25, 0.3) is 0 Å². The summed E-state index contributed by atoms with van der Waals surface area (Å²) < 4.78 is 16.6. The highest BCUT2D eigenvalue weighted by Gasteiger charge is 2.19. The van der Waals surface area contributed by atoms with E-state index in [1.165, 1.54) is 57.8 Å². The van der Waals surface area contributed by atoms with E-state index in [4.69, 9.17) is 14.2 Å². The molecule has 0 aliphatic rings. The third-order valence-electron chi connectivity index (χ3n) is 9.15. The summed E-state index contributed by atoms with van der Waals surface area (Å²) in [5.41, 5.74) is 0. The summed E-state index contributed by atoms with van der Waals surface area (Å²) in [7, 11) is 0. The smallest absolute Gasteiger partial charge is 0.306 e. The molecule has 0 N–H and O–H groups in total. The van der Waals surface area contributed by atoms with E-state index >= 15 is 0 Å². The lowest BCUT2D eigenvalue weighted by Gasteiger charge is -2.18. The number of carbonyl (C=O) groups is 3. The normalized spacial score (nSPS) is 12.8. The van der Waals surface area contributed by atoms with Crippen LogP contribution in [0.4, 0.5) is 0 Å². The number of ether oxygens (including phenoxy) is 3. The van der Waals surface area contributed by atoms with Crippen molar-refractivity contribution in [2.75, 3.05) is 13.2 Å². The number of hydrogen-bond acceptors (Lipinski definition) is 6. The van der Waals surface area contributed by atoms with E-state index in [0.717, 1.165) is 89.9 Å². The second-order valence-corrected chi connectivity index (χ2v) is 14.5. The SMILES string of the molecule is CC/C=C\C/C=C\C/C=C\C/C=C\C/C=C\CCCC(=O)OCC(COC(=O)CCCC/C=C\C/C=C\CC)OC(=O)CCCCCCCCCCCCCC. The summed E-state index contributed by atoms with van der Waals surface area (Å²) in [6.45, 7) is 6.29. The van der Waals surface area contributed by atoms with Crippen LogP contribution < -0.4 is 0 Å². The Balaban J connectivity index is 4.48. The van der Waals surface area contributed by atoms with Gasteiger partial charge in [-0.05, 0) is 83.5 Å². The van der Waals surface area contributed by atoms with E-state index in [1.807, 2.05) is 0 Å². The molecule has 0 aromatic heterocycles. The van der Waals surface area contributed by atoms with Crippen LogP contribution in [0.3, 0.4) is 0 Å². The molecule has 1 unspecified atom stereocenters. The summed E-state index contributed by atoms with van der Waals surface area (Å²) in [6.07, 6.45) is 55.8. The molecule has 6 heteroatoms. The molecular weight excluding hydrogens is 697 g/mol. The molecule has 0 radical (unpaired) electrons. The fraction of sp³-hybridized carbons (Fsp3) is 0.660. The van der Waals surface area contributed by atoms with Crippen molar-refractivity contribution in [3.8, 4) is 0 Å². The molecule has 0 rings (SSSR count). The average molecular weight is 779 g/mol. The molecular formula is C50H82O6. The number of rotatable bonds is 39. The fourth-order valence-electron chi connectivity index (χ4n) is 5.81. The van der Waals surface area contributed by atoms with E-state index in [9.17, 15) is 14.4 Å². The molecule has 0 bridgehead atoms. The molecule has 0 amide bonds. The van der Waals surface area contributed by atoms with Gasteiger partial charge in [-0.1, -0.05) is 176 Å². The summed E-state index contributed by atoms with van der Waals surface area (Å²) in [6, 6.07) is 0. The van der Waals surface area contributed by atoms with Crippen molar-refractivity contribution in [3.05, 3.63) is 85.1 Å². The topological polar surface area (TPSA) is 78.9 Å². The minimum atomic E-state index is -0.808. The molecule has 0 aliphatic carbocycles. The Hall–Kier alpha value is -3.41. The Morgan fingerprint density at radius 3 is 1.16 bits per heavy atom. The molecule has 318 valence electrons.